The first-order valence-corrected chi connectivity index (χ1v) is 36.5. The number of ether oxygens (including phenoxy) is 6. The summed E-state index contributed by atoms with van der Waals surface area (Å²) in [6.07, 6.45) is 14.8. The number of carbonyl (C=O) groups excluding carboxylic acids is 8. The van der Waals surface area contributed by atoms with Crippen LogP contribution in [0.2, 0.25) is 0 Å². The van der Waals surface area contributed by atoms with Crippen LogP contribution in [0.25, 0.3) is 0 Å². The average molecular weight is 1370 g/mol. The Balaban J connectivity index is 0.663. The molecule has 2 amide bonds. The van der Waals surface area contributed by atoms with Crippen LogP contribution in [0.1, 0.15) is 181 Å². The standard InChI is InChI=1S/C70H112N14O14/c1-39(47-11-13-49-65-51(27-55(69(47,49)5)97-63(91)33-75)67(3)19-17-45(93-59(87)29-71)23-41(67)25-53(65)95-61(89)31-73)9-15-57(85)77-35-43-37-83(81-79-43)21-7-8-22-84-38-44(80-82-84)36-78-58(86)16-10-40(2)48-12-14-50-66-52(28-56(70(48,50)6)98-64(92)34-76)68(4)20-18-46(94-60(88)30-72)24-42(68)26-54(66)96-62(90)32-74/h37-42,45-56,65-66H,7-36,71-76H2,1-6H3,(H,77,85)(H,78,86)/t39-,40-,41+,42+,45-,46-,47-,48-,49+,50+,51+,52+,53-,54-,55+,56+,65+,66+,67+,68+,69-,70-/m1/s1. The van der Waals surface area contributed by atoms with Crippen molar-refractivity contribution in [3.8, 4) is 0 Å². The van der Waals surface area contributed by atoms with Crippen LogP contribution in [0, 0.1) is 92.7 Å². The smallest absolute Gasteiger partial charge is 0.319 e. The molecule has 28 heteroatoms. The predicted molar refractivity (Wildman–Crippen MR) is 355 cm³/mol. The van der Waals surface area contributed by atoms with E-state index in [2.05, 4.69) is 72.8 Å². The highest BCUT2D eigenvalue weighted by atomic mass is 16.6. The van der Waals surface area contributed by atoms with Gasteiger partial charge in [0, 0.05) is 48.6 Å². The molecule has 2 aromatic rings. The van der Waals surface area contributed by atoms with E-state index in [1.807, 2.05) is 12.4 Å². The molecule has 546 valence electrons. The first kappa shape index (κ1) is 74.5. The molecule has 22 atom stereocenters. The summed E-state index contributed by atoms with van der Waals surface area (Å²) >= 11 is 0. The number of aromatic nitrogens is 6. The van der Waals surface area contributed by atoms with Crippen molar-refractivity contribution in [2.75, 3.05) is 39.3 Å². The van der Waals surface area contributed by atoms with Crippen molar-refractivity contribution in [1.29, 1.82) is 0 Å². The van der Waals surface area contributed by atoms with Gasteiger partial charge < -0.3 is 73.5 Å². The van der Waals surface area contributed by atoms with E-state index in [1.54, 1.807) is 9.36 Å². The molecule has 0 unspecified atom stereocenters. The van der Waals surface area contributed by atoms with Gasteiger partial charge in [0.15, 0.2) is 0 Å². The number of nitrogens with one attached hydrogen (secondary N) is 2. The summed E-state index contributed by atoms with van der Waals surface area (Å²) in [7, 11) is 0. The van der Waals surface area contributed by atoms with E-state index in [9.17, 15) is 38.4 Å². The highest BCUT2D eigenvalue weighted by molar-refractivity contribution is 5.76. The number of aryl methyl sites for hydroxylation is 2. The molecule has 28 nitrogen and oxygen atoms in total. The van der Waals surface area contributed by atoms with Crippen LogP contribution in [0.3, 0.4) is 0 Å². The van der Waals surface area contributed by atoms with E-state index in [-0.39, 0.29) is 158 Å². The SMILES string of the molecule is C[C@H](CCC(=O)NCc1cn(CCCCn2cc(CNC(=O)CC[C@@H](C)[C@H]3CC[C@H]4[C@@H]5[C@H](OC(=O)CN)C[C@@H]6C[C@H](OC(=O)CN)CC[C@]6(C)[C@H]5C[C@H](OC(=O)CN)[C@]34C)nn2)nn1)[C@H]1CC[C@H]2[C@@H]3[C@H](OC(=O)CN)C[C@@H]4C[C@H](OC(=O)CN)CC[C@]4(C)[C@H]3C[C@H](OC(=O)CN)[C@]12C. The van der Waals surface area contributed by atoms with Crippen LogP contribution in [-0.4, -0.2) is 154 Å². The number of hydrogen-bond donors (Lipinski definition) is 8. The van der Waals surface area contributed by atoms with Crippen molar-refractivity contribution < 1.29 is 66.8 Å². The number of unbranched alkanes of at least 4 members (excludes halogenated alkanes) is 1. The third kappa shape index (κ3) is 15.6. The molecule has 8 fully saturated rings. The van der Waals surface area contributed by atoms with Gasteiger partial charge in [-0.3, -0.25) is 47.7 Å². The monoisotopic (exact) mass is 1370 g/mol. The number of fused-ring (bicyclic) bond motifs is 10. The molecule has 0 aliphatic heterocycles. The van der Waals surface area contributed by atoms with E-state index in [4.69, 9.17) is 62.8 Å². The lowest BCUT2D eigenvalue weighted by molar-refractivity contribution is -0.225. The Morgan fingerprint density at radius 2 is 0.837 bits per heavy atom. The van der Waals surface area contributed by atoms with E-state index in [0.29, 0.717) is 102 Å². The lowest BCUT2D eigenvalue weighted by Gasteiger charge is -2.64. The fourth-order valence-corrected chi connectivity index (χ4v) is 21.5. The van der Waals surface area contributed by atoms with Gasteiger partial charge in [0.1, 0.15) is 48.0 Å². The minimum Gasteiger partial charge on any atom is -0.461 e. The molecule has 0 saturated heterocycles. The van der Waals surface area contributed by atoms with E-state index in [0.717, 1.165) is 51.4 Å². The largest absolute Gasteiger partial charge is 0.461 e. The maximum atomic E-state index is 13.5. The summed E-state index contributed by atoms with van der Waals surface area (Å²) in [5.41, 5.74) is 34.6. The van der Waals surface area contributed by atoms with Crippen LogP contribution in [0.5, 0.6) is 0 Å². The van der Waals surface area contributed by atoms with Gasteiger partial charge in [-0.2, -0.15) is 0 Å². The number of nitrogens with two attached hydrogens (primary N) is 6. The number of hydrogen-bond acceptors (Lipinski definition) is 24. The van der Waals surface area contributed by atoms with Gasteiger partial charge in [0.05, 0.1) is 64.8 Å². The summed E-state index contributed by atoms with van der Waals surface area (Å²) in [6, 6.07) is 0. The minimum absolute atomic E-state index is 0.00722. The molecule has 0 aromatic carbocycles. The van der Waals surface area contributed by atoms with Crippen molar-refractivity contribution in [1.82, 2.24) is 40.6 Å². The Kier molecular flexibility index (Phi) is 24.2. The molecule has 10 rings (SSSR count). The molecule has 8 aliphatic carbocycles. The van der Waals surface area contributed by atoms with Gasteiger partial charge in [-0.1, -0.05) is 52.0 Å². The molecule has 2 heterocycles. The minimum atomic E-state index is -0.486. The maximum Gasteiger partial charge on any atom is 0.319 e. The Morgan fingerprint density at radius 3 is 1.20 bits per heavy atom. The topological polar surface area (TPSA) is 434 Å². The van der Waals surface area contributed by atoms with Crippen molar-refractivity contribution in [2.45, 2.75) is 233 Å². The van der Waals surface area contributed by atoms with Crippen LogP contribution < -0.4 is 45.0 Å². The van der Waals surface area contributed by atoms with Crippen LogP contribution >= 0.6 is 0 Å². The molecule has 0 bridgehead atoms. The van der Waals surface area contributed by atoms with Gasteiger partial charge in [0.25, 0.3) is 0 Å². The molecular weight excluding hydrogens is 1260 g/mol. The van der Waals surface area contributed by atoms with Gasteiger partial charge in [-0.05, 0) is 186 Å². The van der Waals surface area contributed by atoms with E-state index in [1.165, 1.54) is 0 Å². The number of nitrogens with zero attached hydrogens (tertiary/aromatic N) is 6. The number of esters is 6. The summed E-state index contributed by atoms with van der Waals surface area (Å²) in [5, 5.41) is 23.4. The third-order valence-electron chi connectivity index (χ3n) is 26.4. The Hall–Kier alpha value is -6.20. The maximum absolute atomic E-state index is 13.5. The normalized spacial score (nSPS) is 35.8. The van der Waals surface area contributed by atoms with Crippen LogP contribution in [-0.2, 0) is 93.0 Å². The van der Waals surface area contributed by atoms with Crippen molar-refractivity contribution >= 4 is 47.6 Å². The second kappa shape index (κ2) is 31.8. The second-order valence-electron chi connectivity index (χ2n) is 31.3. The summed E-state index contributed by atoms with van der Waals surface area (Å²) in [4.78, 5) is 104. The van der Waals surface area contributed by atoms with Crippen molar-refractivity contribution in [3.05, 3.63) is 23.8 Å². The lowest BCUT2D eigenvalue weighted by Crippen LogP contribution is -2.63. The zero-order valence-electron chi connectivity index (χ0n) is 58.6. The molecular formula is C70H112N14O14. The number of rotatable bonds is 29. The molecule has 2 aromatic heterocycles. The van der Waals surface area contributed by atoms with Gasteiger partial charge in [-0.15, -0.1) is 10.2 Å². The van der Waals surface area contributed by atoms with Gasteiger partial charge in [-0.25, -0.2) is 0 Å². The van der Waals surface area contributed by atoms with Crippen molar-refractivity contribution in [2.24, 2.45) is 127 Å². The highest BCUT2D eigenvalue weighted by Gasteiger charge is 2.70. The van der Waals surface area contributed by atoms with E-state index < -0.39 is 71.1 Å². The van der Waals surface area contributed by atoms with Crippen LogP contribution in [0.15, 0.2) is 12.4 Å². The van der Waals surface area contributed by atoms with E-state index >= 15 is 0 Å². The number of carbonyl (C=O) groups is 8. The number of amides is 2. The molecule has 14 N–H and O–H groups in total. The highest BCUT2D eigenvalue weighted by Crippen LogP contribution is 2.71. The lowest BCUT2D eigenvalue weighted by atomic mass is 9.43. The molecule has 8 saturated carbocycles. The molecule has 8 aliphatic rings. The average Bonchev–Trinajstić information content (AvgIpc) is 1.35. The second-order valence-corrected chi connectivity index (χ2v) is 31.3. The van der Waals surface area contributed by atoms with Crippen molar-refractivity contribution in [3.63, 3.8) is 0 Å². The Morgan fingerprint density at radius 1 is 0.480 bits per heavy atom. The molecule has 98 heavy (non-hydrogen) atoms. The quantitative estimate of drug-likeness (QED) is 0.0329. The first-order chi connectivity index (χ1) is 46.8. The zero-order valence-corrected chi connectivity index (χ0v) is 58.6. The van der Waals surface area contributed by atoms with Gasteiger partial charge >= 0.3 is 35.8 Å². The Bertz CT molecular complexity index is 2950. The summed E-state index contributed by atoms with van der Waals surface area (Å²) in [6.45, 7) is 13.7. The Labute approximate surface area is 575 Å². The predicted octanol–water partition coefficient (Wildman–Crippen LogP) is 3.40. The third-order valence-corrected chi connectivity index (χ3v) is 26.4. The first-order valence-electron chi connectivity index (χ1n) is 36.5. The summed E-state index contributed by atoms with van der Waals surface area (Å²) < 4.78 is 40.3. The van der Waals surface area contributed by atoms with Crippen LogP contribution in [0.4, 0.5) is 0 Å². The fraction of sp³-hybridized carbons (Fsp3) is 0.829. The summed E-state index contributed by atoms with van der Waals surface area (Å²) in [5.74, 6) is -2.19. The fourth-order valence-electron chi connectivity index (χ4n) is 21.5. The zero-order chi connectivity index (χ0) is 70.4. The molecule has 0 radical (unpaired) electrons. The van der Waals surface area contributed by atoms with Gasteiger partial charge in [0.2, 0.25) is 11.8 Å². The molecule has 0 spiro atoms.